The molecule has 1 aliphatic carbocycles. The van der Waals surface area contributed by atoms with Crippen molar-refractivity contribution in [2.45, 2.75) is 40.9 Å². The van der Waals surface area contributed by atoms with E-state index in [1.165, 1.54) is 10.9 Å². The number of ether oxygens (including phenoxy) is 1. The Balaban J connectivity index is 1.44. The van der Waals surface area contributed by atoms with Crippen LogP contribution in [0.4, 0.5) is 0 Å². The van der Waals surface area contributed by atoms with Crippen molar-refractivity contribution in [3.63, 3.8) is 0 Å². The number of para-hydroxylation sites is 1. The smallest absolute Gasteiger partial charge is 0.330 e. The number of benzene rings is 1. The van der Waals surface area contributed by atoms with Crippen molar-refractivity contribution in [1.82, 2.24) is 9.88 Å². The second-order valence-electron chi connectivity index (χ2n) is 7.25. The van der Waals surface area contributed by atoms with E-state index in [1.807, 2.05) is 18.3 Å². The number of halogens is 2. The van der Waals surface area contributed by atoms with Gasteiger partial charge in [-0.15, -0.1) is 11.6 Å². The molecule has 1 aromatic heterocycles. The molecule has 1 aromatic carbocycles. The van der Waals surface area contributed by atoms with Gasteiger partial charge in [0.1, 0.15) is 0 Å². The van der Waals surface area contributed by atoms with E-state index in [1.54, 1.807) is 0 Å². The number of piperidine rings is 2. The summed E-state index contributed by atoms with van der Waals surface area (Å²) in [5.41, 5.74) is 2.33. The molecule has 4 bridgehead atoms. The number of rotatable bonds is 3. The van der Waals surface area contributed by atoms with Gasteiger partial charge < -0.3 is 14.8 Å². The van der Waals surface area contributed by atoms with Crippen molar-refractivity contribution in [2.75, 3.05) is 6.54 Å². The van der Waals surface area contributed by atoms with Crippen LogP contribution in [0.5, 0.6) is 0 Å². The molecule has 0 amide bonds. The molecular weight excluding hydrogens is 408 g/mol. The molecular formula is C18H18BrClN2O3. The zero-order chi connectivity index (χ0) is 17.3. The Hall–Kier alpha value is -1.08. The standard InChI is InChI=1S/C18H18BrClN2O3/c19-13-11-7-18(20)15(14(13)23)22(16(11)25-17(18)24)6-5-9-8-21-12-4-2-1-3-10(9)12/h1-4,8,11,13-16,21,23H,5-7H2. The SMILES string of the molecule is O=C1OC2C3CC1(Cl)C(C(O)C3Br)N2CCc1c[nH]c2ccccc12. The lowest BCUT2D eigenvalue weighted by Gasteiger charge is -2.63. The van der Waals surface area contributed by atoms with Gasteiger partial charge in [-0.25, -0.2) is 0 Å². The normalized spacial score (nSPS) is 40.0. The third-order valence-corrected chi connectivity index (χ3v) is 7.75. The van der Waals surface area contributed by atoms with Crippen LogP contribution in [-0.2, 0) is 16.0 Å². The summed E-state index contributed by atoms with van der Waals surface area (Å²) in [7, 11) is 0. The lowest BCUT2D eigenvalue weighted by atomic mass is 9.67. The number of nitrogens with one attached hydrogen (secondary N) is 1. The van der Waals surface area contributed by atoms with Crippen LogP contribution in [0.1, 0.15) is 12.0 Å². The fraction of sp³-hybridized carbons (Fsp3) is 0.500. The predicted molar refractivity (Wildman–Crippen MR) is 97.8 cm³/mol. The van der Waals surface area contributed by atoms with Gasteiger partial charge in [0.15, 0.2) is 11.1 Å². The number of aromatic amines is 1. The molecule has 1 saturated carbocycles. The number of esters is 1. The first-order valence-corrected chi connectivity index (χ1v) is 9.83. The number of fused-ring (bicyclic) bond motifs is 3. The van der Waals surface area contributed by atoms with E-state index < -0.39 is 17.0 Å². The predicted octanol–water partition coefficient (Wildman–Crippen LogP) is 2.40. The molecule has 6 unspecified atom stereocenters. The quantitative estimate of drug-likeness (QED) is 0.585. The zero-order valence-corrected chi connectivity index (χ0v) is 15.7. The van der Waals surface area contributed by atoms with Crippen LogP contribution in [-0.4, -0.2) is 55.6 Å². The maximum absolute atomic E-state index is 12.3. The van der Waals surface area contributed by atoms with Crippen molar-refractivity contribution in [2.24, 2.45) is 5.92 Å². The lowest BCUT2D eigenvalue weighted by Crippen LogP contribution is -2.80. The lowest BCUT2D eigenvalue weighted by molar-refractivity contribution is -0.244. The van der Waals surface area contributed by atoms with Crippen molar-refractivity contribution < 1.29 is 14.6 Å². The summed E-state index contributed by atoms with van der Waals surface area (Å²) in [5, 5.41) is 11.9. The maximum Gasteiger partial charge on any atom is 0.330 e. The highest BCUT2D eigenvalue weighted by molar-refractivity contribution is 9.09. The number of aromatic nitrogens is 1. The Labute approximate surface area is 158 Å². The Morgan fingerprint density at radius 1 is 1.44 bits per heavy atom. The summed E-state index contributed by atoms with van der Waals surface area (Å²) >= 11 is 10.2. The molecule has 6 atom stereocenters. The first-order chi connectivity index (χ1) is 12.0. The summed E-state index contributed by atoms with van der Waals surface area (Å²) in [6.45, 7) is 0.687. The first kappa shape index (κ1) is 16.1. The van der Waals surface area contributed by atoms with Crippen molar-refractivity contribution in [3.05, 3.63) is 36.0 Å². The number of hydrogen-bond donors (Lipinski definition) is 2. The molecule has 25 heavy (non-hydrogen) atoms. The minimum atomic E-state index is -1.14. The first-order valence-electron chi connectivity index (χ1n) is 8.53. The Kier molecular flexibility index (Phi) is 3.52. The molecule has 0 spiro atoms. The molecule has 4 saturated heterocycles. The van der Waals surface area contributed by atoms with Crippen LogP contribution < -0.4 is 0 Å². The number of carbonyl (C=O) groups is 1. The van der Waals surface area contributed by atoms with Crippen LogP contribution in [0.25, 0.3) is 10.9 Å². The van der Waals surface area contributed by atoms with E-state index in [0.29, 0.717) is 13.0 Å². The van der Waals surface area contributed by atoms with E-state index >= 15 is 0 Å². The summed E-state index contributed by atoms with van der Waals surface area (Å²) in [6.07, 6.45) is 2.39. The summed E-state index contributed by atoms with van der Waals surface area (Å²) in [6, 6.07) is 7.77. The average molecular weight is 426 g/mol. The van der Waals surface area contributed by atoms with Gasteiger partial charge in [0.2, 0.25) is 0 Å². The Morgan fingerprint density at radius 3 is 3.08 bits per heavy atom. The molecule has 5 aliphatic rings. The van der Waals surface area contributed by atoms with E-state index in [4.69, 9.17) is 16.3 Å². The van der Waals surface area contributed by atoms with Crippen LogP contribution in [0.15, 0.2) is 30.5 Å². The number of carbonyl (C=O) groups excluding carboxylic acids is 1. The fourth-order valence-electron chi connectivity index (χ4n) is 4.82. The number of hydrogen-bond acceptors (Lipinski definition) is 4. The minimum absolute atomic E-state index is 0.0122. The fourth-order valence-corrected chi connectivity index (χ4v) is 6.03. The average Bonchev–Trinajstić information content (AvgIpc) is 3.01. The van der Waals surface area contributed by atoms with E-state index in [9.17, 15) is 9.90 Å². The molecule has 2 N–H and O–H groups in total. The van der Waals surface area contributed by atoms with Gasteiger partial charge in [0, 0.05) is 34.4 Å². The monoisotopic (exact) mass is 424 g/mol. The van der Waals surface area contributed by atoms with Crippen molar-refractivity contribution in [1.29, 1.82) is 0 Å². The topological polar surface area (TPSA) is 65.6 Å². The van der Waals surface area contributed by atoms with Gasteiger partial charge in [-0.2, -0.15) is 0 Å². The molecule has 7 rings (SSSR count). The van der Waals surface area contributed by atoms with Gasteiger partial charge in [0.25, 0.3) is 0 Å². The van der Waals surface area contributed by atoms with Crippen molar-refractivity contribution in [3.8, 4) is 0 Å². The number of H-pyrrole nitrogens is 1. The molecule has 4 aliphatic heterocycles. The van der Waals surface area contributed by atoms with Crippen LogP contribution in [0.3, 0.4) is 0 Å². The van der Waals surface area contributed by atoms with Crippen LogP contribution >= 0.6 is 27.5 Å². The second-order valence-corrected chi connectivity index (χ2v) is 8.99. The van der Waals surface area contributed by atoms with E-state index in [0.717, 1.165) is 11.9 Å². The summed E-state index contributed by atoms with van der Waals surface area (Å²) < 4.78 is 5.62. The van der Waals surface area contributed by atoms with Gasteiger partial charge >= 0.3 is 5.97 Å². The molecule has 5 fully saturated rings. The largest absolute Gasteiger partial charge is 0.445 e. The van der Waals surface area contributed by atoms with Crippen LogP contribution in [0.2, 0.25) is 0 Å². The molecule has 7 heteroatoms. The highest BCUT2D eigenvalue weighted by Crippen LogP contribution is 2.55. The zero-order valence-electron chi connectivity index (χ0n) is 13.4. The number of aliphatic hydroxyl groups is 1. The molecule has 2 aromatic rings. The Bertz CT molecular complexity index is 858. The number of nitrogens with zero attached hydrogens (tertiary/aromatic N) is 1. The van der Waals surface area contributed by atoms with E-state index in [2.05, 4.69) is 37.9 Å². The van der Waals surface area contributed by atoms with Gasteiger partial charge in [-0.3, -0.25) is 9.69 Å². The minimum Gasteiger partial charge on any atom is -0.445 e. The third-order valence-electron chi connectivity index (χ3n) is 5.99. The second kappa shape index (κ2) is 5.46. The van der Waals surface area contributed by atoms with E-state index in [-0.39, 0.29) is 22.9 Å². The Morgan fingerprint density at radius 2 is 2.24 bits per heavy atom. The molecule has 132 valence electrons. The maximum atomic E-state index is 12.3. The number of aliphatic hydroxyl groups excluding tert-OH is 1. The number of alkyl halides is 2. The highest BCUT2D eigenvalue weighted by atomic mass is 79.9. The molecule has 5 heterocycles. The molecule has 5 nitrogen and oxygen atoms in total. The van der Waals surface area contributed by atoms with Crippen LogP contribution in [0, 0.1) is 5.92 Å². The summed E-state index contributed by atoms with van der Waals surface area (Å²) in [5.74, 6) is -0.375. The van der Waals surface area contributed by atoms with Gasteiger partial charge in [-0.1, -0.05) is 34.1 Å². The van der Waals surface area contributed by atoms with Gasteiger partial charge in [-0.05, 0) is 24.5 Å². The highest BCUT2D eigenvalue weighted by Gasteiger charge is 2.70. The molecule has 0 radical (unpaired) electrons. The third kappa shape index (κ3) is 2.11. The van der Waals surface area contributed by atoms with Crippen molar-refractivity contribution >= 4 is 44.4 Å². The summed E-state index contributed by atoms with van der Waals surface area (Å²) in [4.78, 5) is 16.4. The van der Waals surface area contributed by atoms with Gasteiger partial charge in [0.05, 0.1) is 12.1 Å².